The summed E-state index contributed by atoms with van der Waals surface area (Å²) in [6, 6.07) is 33.8. The van der Waals surface area contributed by atoms with E-state index in [1.165, 1.54) is 11.1 Å². The summed E-state index contributed by atoms with van der Waals surface area (Å²) in [5.41, 5.74) is 8.05. The van der Waals surface area contributed by atoms with Gasteiger partial charge in [0.25, 0.3) is 0 Å². The number of hydrogen-bond acceptors (Lipinski definition) is 2. The van der Waals surface area contributed by atoms with E-state index in [9.17, 15) is 0 Å². The van der Waals surface area contributed by atoms with Gasteiger partial charge in [0.15, 0.2) is 0 Å². The molecule has 27 heavy (non-hydrogen) atoms. The van der Waals surface area contributed by atoms with Crippen LogP contribution in [0.2, 0.25) is 0 Å². The van der Waals surface area contributed by atoms with Crippen molar-refractivity contribution in [3.8, 4) is 11.1 Å². The number of hydrogen-bond donors (Lipinski definition) is 1. The van der Waals surface area contributed by atoms with E-state index >= 15 is 0 Å². The molecule has 1 aliphatic heterocycles. The van der Waals surface area contributed by atoms with Crippen molar-refractivity contribution in [3.63, 3.8) is 0 Å². The topological polar surface area (TPSA) is 15.3 Å². The van der Waals surface area contributed by atoms with E-state index < -0.39 is 0 Å². The molecule has 4 aromatic rings. The molecule has 0 spiro atoms. The van der Waals surface area contributed by atoms with Crippen molar-refractivity contribution in [1.82, 2.24) is 0 Å². The monoisotopic (exact) mass is 412 g/mol. The van der Waals surface area contributed by atoms with E-state index in [0.717, 1.165) is 32.9 Å². The molecule has 0 saturated heterocycles. The molecule has 5 rings (SSSR count). The van der Waals surface area contributed by atoms with Crippen LogP contribution in [0.4, 0.5) is 28.4 Å². The summed E-state index contributed by atoms with van der Waals surface area (Å²) in [7, 11) is 0. The lowest BCUT2D eigenvalue weighted by Crippen LogP contribution is -2.18. The minimum atomic E-state index is 1.09. The fraction of sp³-hybridized carbons (Fsp3) is 0. The average Bonchev–Trinajstić information content (AvgIpc) is 2.72. The van der Waals surface area contributed by atoms with Gasteiger partial charge in [-0.3, -0.25) is 0 Å². The van der Waals surface area contributed by atoms with Crippen molar-refractivity contribution in [2.75, 3.05) is 10.2 Å². The molecule has 130 valence electrons. The Balaban J connectivity index is 1.79. The zero-order valence-corrected chi connectivity index (χ0v) is 16.1. The highest BCUT2D eigenvalue weighted by atomic mass is 79.9. The Hall–Kier alpha value is -3.04. The van der Waals surface area contributed by atoms with Crippen molar-refractivity contribution < 1.29 is 0 Å². The molecule has 4 aromatic carbocycles. The number of para-hydroxylation sites is 5. The van der Waals surface area contributed by atoms with Gasteiger partial charge in [-0.25, -0.2) is 0 Å². The molecule has 1 aliphatic rings. The summed E-state index contributed by atoms with van der Waals surface area (Å²) >= 11 is 3.72. The maximum atomic E-state index is 3.72. The van der Waals surface area contributed by atoms with Crippen LogP contribution in [0.1, 0.15) is 0 Å². The van der Waals surface area contributed by atoms with Gasteiger partial charge in [0, 0.05) is 10.0 Å². The third kappa shape index (κ3) is 2.71. The first kappa shape index (κ1) is 16.2. The van der Waals surface area contributed by atoms with Crippen LogP contribution in [-0.4, -0.2) is 0 Å². The maximum Gasteiger partial charge on any atom is 0.0697 e. The summed E-state index contributed by atoms with van der Waals surface area (Å²) in [4.78, 5) is 2.34. The minimum Gasteiger partial charge on any atom is -0.352 e. The van der Waals surface area contributed by atoms with Crippen LogP contribution in [0.25, 0.3) is 11.1 Å². The van der Waals surface area contributed by atoms with E-state index in [1.54, 1.807) is 0 Å². The Kier molecular flexibility index (Phi) is 3.95. The highest BCUT2D eigenvalue weighted by molar-refractivity contribution is 9.10. The lowest BCUT2D eigenvalue weighted by atomic mass is 10.0. The summed E-state index contributed by atoms with van der Waals surface area (Å²) < 4.78 is 1.09. The molecule has 0 bridgehead atoms. The van der Waals surface area contributed by atoms with Gasteiger partial charge in [0.1, 0.15) is 0 Å². The third-order valence-corrected chi connectivity index (χ3v) is 5.56. The Bertz CT molecular complexity index is 1090. The smallest absolute Gasteiger partial charge is 0.0697 e. The van der Waals surface area contributed by atoms with E-state index in [-0.39, 0.29) is 0 Å². The molecule has 0 radical (unpaired) electrons. The largest absolute Gasteiger partial charge is 0.352 e. The molecule has 0 unspecified atom stereocenters. The Morgan fingerprint density at radius 1 is 0.519 bits per heavy atom. The lowest BCUT2D eigenvalue weighted by Gasteiger charge is -2.35. The van der Waals surface area contributed by atoms with Crippen LogP contribution in [-0.2, 0) is 0 Å². The van der Waals surface area contributed by atoms with Gasteiger partial charge < -0.3 is 10.2 Å². The first-order chi connectivity index (χ1) is 13.3. The molecular formula is C24H17BrN2. The maximum absolute atomic E-state index is 3.72. The number of nitrogens with one attached hydrogen (secondary N) is 1. The summed E-state index contributed by atoms with van der Waals surface area (Å²) in [5.74, 6) is 0. The molecule has 0 atom stereocenters. The van der Waals surface area contributed by atoms with Crippen LogP contribution in [0.15, 0.2) is 102 Å². The standard InChI is InChI=1S/C24H17BrN2/c25-19-11-3-1-9-17(19)18-10-2-6-14-22(18)27-23-15-7-4-12-20(23)26-21-13-5-8-16-24(21)27/h1-16,26H. The molecule has 0 aromatic heterocycles. The molecule has 2 nitrogen and oxygen atoms in total. The van der Waals surface area contributed by atoms with E-state index in [4.69, 9.17) is 0 Å². The first-order valence-electron chi connectivity index (χ1n) is 8.92. The number of halogens is 1. The number of anilines is 5. The molecule has 1 heterocycles. The van der Waals surface area contributed by atoms with E-state index in [2.05, 4.69) is 117 Å². The summed E-state index contributed by atoms with van der Waals surface area (Å²) in [6.07, 6.45) is 0. The lowest BCUT2D eigenvalue weighted by molar-refractivity contribution is 1.25. The number of nitrogens with zero attached hydrogens (tertiary/aromatic N) is 1. The fourth-order valence-corrected chi connectivity index (χ4v) is 4.16. The van der Waals surface area contributed by atoms with Crippen LogP contribution < -0.4 is 10.2 Å². The normalized spacial score (nSPS) is 12.1. The fourth-order valence-electron chi connectivity index (χ4n) is 3.66. The van der Waals surface area contributed by atoms with Crippen LogP contribution in [0.5, 0.6) is 0 Å². The van der Waals surface area contributed by atoms with Crippen molar-refractivity contribution in [2.24, 2.45) is 0 Å². The van der Waals surface area contributed by atoms with Crippen molar-refractivity contribution in [1.29, 1.82) is 0 Å². The predicted octanol–water partition coefficient (Wildman–Crippen LogP) is 7.64. The Labute approximate surface area is 167 Å². The second kappa shape index (κ2) is 6.60. The Morgan fingerprint density at radius 2 is 1.00 bits per heavy atom. The molecule has 1 N–H and O–H groups in total. The minimum absolute atomic E-state index is 1.09. The highest BCUT2D eigenvalue weighted by Gasteiger charge is 2.25. The molecule has 0 aliphatic carbocycles. The SMILES string of the molecule is Brc1ccccc1-c1ccccc1N1c2ccccc2Nc2ccccc21. The second-order valence-electron chi connectivity index (χ2n) is 6.49. The van der Waals surface area contributed by atoms with Gasteiger partial charge in [-0.1, -0.05) is 76.6 Å². The molecule has 0 saturated carbocycles. The number of benzene rings is 4. The Morgan fingerprint density at radius 3 is 1.63 bits per heavy atom. The first-order valence-corrected chi connectivity index (χ1v) is 9.71. The molecular weight excluding hydrogens is 396 g/mol. The van der Waals surface area contributed by atoms with Crippen molar-refractivity contribution in [3.05, 3.63) is 102 Å². The second-order valence-corrected chi connectivity index (χ2v) is 7.35. The van der Waals surface area contributed by atoms with E-state index in [1.807, 2.05) is 6.07 Å². The van der Waals surface area contributed by atoms with Crippen LogP contribution in [0, 0.1) is 0 Å². The summed E-state index contributed by atoms with van der Waals surface area (Å²) in [6.45, 7) is 0. The van der Waals surface area contributed by atoms with Crippen molar-refractivity contribution >= 4 is 44.4 Å². The molecule has 3 heteroatoms. The van der Waals surface area contributed by atoms with Gasteiger partial charge in [0.2, 0.25) is 0 Å². The number of rotatable bonds is 2. The third-order valence-electron chi connectivity index (χ3n) is 4.87. The zero-order valence-electron chi connectivity index (χ0n) is 14.6. The van der Waals surface area contributed by atoms with Crippen molar-refractivity contribution in [2.45, 2.75) is 0 Å². The molecule has 0 fully saturated rings. The average molecular weight is 413 g/mol. The van der Waals surface area contributed by atoms with Gasteiger partial charge in [-0.15, -0.1) is 0 Å². The van der Waals surface area contributed by atoms with Gasteiger partial charge in [0.05, 0.1) is 28.4 Å². The predicted molar refractivity (Wildman–Crippen MR) is 118 cm³/mol. The molecule has 0 amide bonds. The quantitative estimate of drug-likeness (QED) is 0.320. The van der Waals surface area contributed by atoms with Gasteiger partial charge >= 0.3 is 0 Å². The van der Waals surface area contributed by atoms with Crippen LogP contribution >= 0.6 is 15.9 Å². The highest BCUT2D eigenvalue weighted by Crippen LogP contribution is 2.50. The zero-order chi connectivity index (χ0) is 18.2. The van der Waals surface area contributed by atoms with Gasteiger partial charge in [-0.2, -0.15) is 0 Å². The van der Waals surface area contributed by atoms with E-state index in [0.29, 0.717) is 0 Å². The van der Waals surface area contributed by atoms with Crippen LogP contribution in [0.3, 0.4) is 0 Å². The summed E-state index contributed by atoms with van der Waals surface area (Å²) in [5, 5.41) is 3.56. The number of fused-ring (bicyclic) bond motifs is 2. The van der Waals surface area contributed by atoms with Gasteiger partial charge in [-0.05, 0) is 42.0 Å².